The molecule has 1 N–H and O–H groups in total. The first-order valence-corrected chi connectivity index (χ1v) is 10.00. The number of fused-ring (bicyclic) bond motifs is 2. The van der Waals surface area contributed by atoms with E-state index in [0.717, 1.165) is 12.0 Å². The number of rotatable bonds is 6. The van der Waals surface area contributed by atoms with Gasteiger partial charge >= 0.3 is 0 Å². The minimum atomic E-state index is -3.56. The van der Waals surface area contributed by atoms with Crippen molar-refractivity contribution in [3.05, 3.63) is 29.8 Å². The molecule has 24 heavy (non-hydrogen) atoms. The Bertz CT molecular complexity index is 756. The summed E-state index contributed by atoms with van der Waals surface area (Å²) in [7, 11) is -2.00. The van der Waals surface area contributed by atoms with Gasteiger partial charge in [0.25, 0.3) is 0 Å². The smallest absolute Gasteiger partial charge is 0.212 e. The number of carbonyl (C=O) groups excluding carboxylic acids is 1. The molecule has 0 saturated heterocycles. The number of hydrogen-bond donors (Lipinski definition) is 1. The van der Waals surface area contributed by atoms with Crippen LogP contribution in [-0.4, -0.2) is 27.1 Å². The van der Waals surface area contributed by atoms with Crippen molar-refractivity contribution in [3.63, 3.8) is 0 Å². The SMILES string of the molecule is COc1ccccc1CNS(=O)(=O)C[C@]12CC[C@H](CC1=O)C2(C)C. The highest BCUT2D eigenvalue weighted by Gasteiger charge is 2.65. The molecule has 2 fully saturated rings. The third-order valence-corrected chi connectivity index (χ3v) is 7.71. The molecule has 2 aliphatic rings. The van der Waals surface area contributed by atoms with E-state index >= 15 is 0 Å². The van der Waals surface area contributed by atoms with E-state index < -0.39 is 15.4 Å². The molecule has 0 heterocycles. The van der Waals surface area contributed by atoms with E-state index in [1.54, 1.807) is 13.2 Å². The van der Waals surface area contributed by atoms with Crippen LogP contribution in [0.2, 0.25) is 0 Å². The lowest BCUT2D eigenvalue weighted by Gasteiger charge is -2.36. The Kier molecular flexibility index (Phi) is 4.24. The molecular formula is C18H25NO4S. The lowest BCUT2D eigenvalue weighted by molar-refractivity contribution is -0.128. The van der Waals surface area contributed by atoms with E-state index in [4.69, 9.17) is 4.74 Å². The average Bonchev–Trinajstić information content (AvgIpc) is 2.87. The number of methoxy groups -OCH3 is 1. The molecule has 3 rings (SSSR count). The van der Waals surface area contributed by atoms with Crippen molar-refractivity contribution in [2.24, 2.45) is 16.7 Å². The Hall–Kier alpha value is -1.40. The Morgan fingerprint density at radius 1 is 1.29 bits per heavy atom. The van der Waals surface area contributed by atoms with Crippen LogP contribution in [0.25, 0.3) is 0 Å². The summed E-state index contributed by atoms with van der Waals surface area (Å²) in [6.45, 7) is 4.26. The number of Topliss-reactive ketones (excluding diaryl/α,β-unsaturated/α-hetero) is 1. The normalized spacial score (nSPS) is 28.3. The maximum Gasteiger partial charge on any atom is 0.212 e. The van der Waals surface area contributed by atoms with Gasteiger partial charge in [-0.3, -0.25) is 4.79 Å². The second-order valence-corrected chi connectivity index (χ2v) is 9.37. The zero-order valence-corrected chi connectivity index (χ0v) is 15.3. The molecule has 132 valence electrons. The van der Waals surface area contributed by atoms with Gasteiger partial charge in [-0.2, -0.15) is 0 Å². The van der Waals surface area contributed by atoms with Crippen molar-refractivity contribution in [1.29, 1.82) is 0 Å². The molecule has 1 aromatic carbocycles. The maximum atomic E-state index is 12.7. The second-order valence-electron chi connectivity index (χ2n) is 7.56. The van der Waals surface area contributed by atoms with Gasteiger partial charge in [0.05, 0.1) is 12.9 Å². The van der Waals surface area contributed by atoms with E-state index in [1.165, 1.54) is 0 Å². The van der Waals surface area contributed by atoms with E-state index in [2.05, 4.69) is 4.72 Å². The molecule has 6 heteroatoms. The average molecular weight is 351 g/mol. The van der Waals surface area contributed by atoms with Crippen molar-refractivity contribution in [1.82, 2.24) is 4.72 Å². The number of nitrogens with one attached hydrogen (secondary N) is 1. The van der Waals surface area contributed by atoms with Crippen molar-refractivity contribution in [2.45, 2.75) is 39.7 Å². The highest BCUT2D eigenvalue weighted by molar-refractivity contribution is 7.89. The largest absolute Gasteiger partial charge is 0.496 e. The third kappa shape index (κ3) is 2.65. The molecule has 0 radical (unpaired) electrons. The van der Waals surface area contributed by atoms with Crippen LogP contribution in [0, 0.1) is 16.7 Å². The number of ketones is 1. The number of sulfonamides is 1. The third-order valence-electron chi connectivity index (χ3n) is 6.25. The molecule has 2 aliphatic carbocycles. The van der Waals surface area contributed by atoms with Gasteiger partial charge in [0.15, 0.2) is 0 Å². The second kappa shape index (κ2) is 5.85. The summed E-state index contributed by atoms with van der Waals surface area (Å²) in [5.41, 5.74) is -0.199. The Morgan fingerprint density at radius 2 is 2.00 bits per heavy atom. The van der Waals surface area contributed by atoms with Crippen LogP contribution in [0.1, 0.15) is 38.7 Å². The van der Waals surface area contributed by atoms with Crippen LogP contribution in [0.5, 0.6) is 5.75 Å². The fourth-order valence-electron chi connectivity index (χ4n) is 4.52. The molecule has 2 saturated carbocycles. The van der Waals surface area contributed by atoms with Gasteiger partial charge in [-0.15, -0.1) is 0 Å². The van der Waals surface area contributed by atoms with Gasteiger partial charge in [-0.25, -0.2) is 13.1 Å². The molecule has 2 atom stereocenters. The molecule has 0 aliphatic heterocycles. The predicted molar refractivity (Wildman–Crippen MR) is 92.2 cm³/mol. The summed E-state index contributed by atoms with van der Waals surface area (Å²) in [5.74, 6) is 0.967. The highest BCUT2D eigenvalue weighted by atomic mass is 32.2. The molecule has 0 spiro atoms. The van der Waals surface area contributed by atoms with E-state index in [-0.39, 0.29) is 23.5 Å². The zero-order valence-electron chi connectivity index (χ0n) is 14.5. The van der Waals surface area contributed by atoms with Gasteiger partial charge in [0, 0.05) is 23.9 Å². The van der Waals surface area contributed by atoms with Crippen LogP contribution >= 0.6 is 0 Å². The number of benzene rings is 1. The van der Waals surface area contributed by atoms with Gasteiger partial charge < -0.3 is 4.74 Å². The molecule has 2 bridgehead atoms. The standard InChI is InChI=1S/C18H25NO4S/c1-17(2)14-8-9-18(17,16(20)10-14)12-24(21,22)19-11-13-6-4-5-7-15(13)23-3/h4-7,14,19H,8-12H2,1-3H3/t14-,18-/m1/s1. The van der Waals surface area contributed by atoms with Crippen molar-refractivity contribution >= 4 is 15.8 Å². The molecule has 0 amide bonds. The minimum absolute atomic E-state index is 0.114. The van der Waals surface area contributed by atoms with E-state index in [1.807, 2.05) is 32.0 Å². The number of ether oxygens (including phenoxy) is 1. The lowest BCUT2D eigenvalue weighted by Crippen LogP contribution is -2.45. The highest BCUT2D eigenvalue weighted by Crippen LogP contribution is 2.64. The van der Waals surface area contributed by atoms with Crippen molar-refractivity contribution < 1.29 is 17.9 Å². The Labute approximate surface area is 143 Å². The first-order valence-electron chi connectivity index (χ1n) is 8.34. The zero-order chi connectivity index (χ0) is 17.6. The van der Waals surface area contributed by atoms with Crippen molar-refractivity contribution in [2.75, 3.05) is 12.9 Å². The molecule has 5 nitrogen and oxygen atoms in total. The number of para-hydroxylation sites is 1. The summed E-state index contributed by atoms with van der Waals surface area (Å²) in [6.07, 6.45) is 2.15. The molecule has 0 aromatic heterocycles. The fourth-order valence-corrected chi connectivity index (χ4v) is 6.32. The van der Waals surface area contributed by atoms with Crippen LogP contribution in [0.4, 0.5) is 0 Å². The van der Waals surface area contributed by atoms with Gasteiger partial charge in [-0.1, -0.05) is 32.0 Å². The quantitative estimate of drug-likeness (QED) is 0.855. The first-order chi connectivity index (χ1) is 11.2. The monoisotopic (exact) mass is 351 g/mol. The Morgan fingerprint density at radius 3 is 2.58 bits per heavy atom. The molecule has 1 aromatic rings. The van der Waals surface area contributed by atoms with Crippen LogP contribution in [0.15, 0.2) is 24.3 Å². The summed E-state index contributed by atoms with van der Waals surface area (Å²) in [5, 5.41) is 0. The van der Waals surface area contributed by atoms with Gasteiger partial charge in [-0.05, 0) is 30.2 Å². The predicted octanol–water partition coefficient (Wildman–Crippen LogP) is 2.51. The molecular weight excluding hydrogens is 326 g/mol. The van der Waals surface area contributed by atoms with Crippen LogP contribution in [0.3, 0.4) is 0 Å². The first kappa shape index (κ1) is 17.4. The van der Waals surface area contributed by atoms with E-state index in [0.29, 0.717) is 24.5 Å². The molecule has 0 unspecified atom stereocenters. The van der Waals surface area contributed by atoms with Crippen molar-refractivity contribution in [3.8, 4) is 5.75 Å². The van der Waals surface area contributed by atoms with Gasteiger partial charge in [0.1, 0.15) is 11.5 Å². The fraction of sp³-hybridized carbons (Fsp3) is 0.611. The minimum Gasteiger partial charge on any atom is -0.496 e. The number of carbonyl (C=O) groups is 1. The Balaban J connectivity index is 1.76. The summed E-state index contributed by atoms with van der Waals surface area (Å²) >= 11 is 0. The van der Waals surface area contributed by atoms with Crippen LogP contribution < -0.4 is 9.46 Å². The summed E-state index contributed by atoms with van der Waals surface area (Å²) in [6, 6.07) is 7.31. The lowest BCUT2D eigenvalue weighted by atomic mass is 9.70. The maximum absolute atomic E-state index is 12.7. The summed E-state index contributed by atoms with van der Waals surface area (Å²) in [4.78, 5) is 12.5. The van der Waals surface area contributed by atoms with E-state index in [9.17, 15) is 13.2 Å². The summed E-state index contributed by atoms with van der Waals surface area (Å²) < 4.78 is 33.2. The van der Waals surface area contributed by atoms with Crippen LogP contribution in [-0.2, 0) is 21.4 Å². The van der Waals surface area contributed by atoms with Gasteiger partial charge in [0.2, 0.25) is 10.0 Å². The topological polar surface area (TPSA) is 72.5 Å². The number of hydrogen-bond acceptors (Lipinski definition) is 4.